The summed E-state index contributed by atoms with van der Waals surface area (Å²) in [7, 11) is 1.61. The highest BCUT2D eigenvalue weighted by Gasteiger charge is 2.32. The molecule has 3 aromatic rings. The van der Waals surface area contributed by atoms with Crippen LogP contribution in [-0.4, -0.2) is 47.2 Å². The molecule has 1 fully saturated rings. The Morgan fingerprint density at radius 2 is 2.03 bits per heavy atom. The van der Waals surface area contributed by atoms with Crippen molar-refractivity contribution in [2.45, 2.75) is 25.3 Å². The van der Waals surface area contributed by atoms with Crippen molar-refractivity contribution >= 4 is 29.2 Å². The highest BCUT2D eigenvalue weighted by molar-refractivity contribution is 5.85. The molecule has 9 heteroatoms. The Morgan fingerprint density at radius 3 is 2.82 bits per heavy atom. The maximum Gasteiger partial charge on any atom is 0.242 e. The number of carbonyl (C=O) groups excluding carboxylic acids is 1. The number of rotatable bonds is 8. The van der Waals surface area contributed by atoms with Gasteiger partial charge in [-0.3, -0.25) is 4.79 Å². The number of nitrogens with zero attached hydrogens (tertiary/aromatic N) is 3. The van der Waals surface area contributed by atoms with E-state index in [1.165, 1.54) is 0 Å². The van der Waals surface area contributed by atoms with Gasteiger partial charge in [0.05, 0.1) is 7.11 Å². The molecule has 4 rings (SSSR count). The summed E-state index contributed by atoms with van der Waals surface area (Å²) in [5.41, 5.74) is 7.84. The number of aromatic nitrogens is 2. The number of methoxy groups -OCH3 is 1. The van der Waals surface area contributed by atoms with Gasteiger partial charge in [0.1, 0.15) is 29.2 Å². The molecule has 2 aromatic carbocycles. The van der Waals surface area contributed by atoms with Crippen molar-refractivity contribution in [1.82, 2.24) is 15.3 Å². The van der Waals surface area contributed by atoms with E-state index < -0.39 is 0 Å². The van der Waals surface area contributed by atoms with Gasteiger partial charge in [0.2, 0.25) is 11.9 Å². The van der Waals surface area contributed by atoms with Crippen LogP contribution in [0.3, 0.4) is 0 Å². The third-order valence-corrected chi connectivity index (χ3v) is 5.57. The highest BCUT2D eigenvalue weighted by atomic mass is 16.5. The van der Waals surface area contributed by atoms with Gasteiger partial charge in [-0.2, -0.15) is 9.97 Å². The van der Waals surface area contributed by atoms with Crippen molar-refractivity contribution in [3.8, 4) is 11.5 Å². The van der Waals surface area contributed by atoms with Crippen LogP contribution < -0.4 is 26.0 Å². The number of benzene rings is 2. The van der Waals surface area contributed by atoms with Crippen molar-refractivity contribution < 1.29 is 14.6 Å². The SMILES string of the molecule is COc1cccc(Nc2cc(N3CCC[C@H]3C(=O)NCCc3ccc(O)cc3)nc(N)n2)c1. The van der Waals surface area contributed by atoms with Crippen molar-refractivity contribution in [2.75, 3.05) is 36.1 Å². The minimum atomic E-state index is -0.316. The monoisotopic (exact) mass is 448 g/mol. The molecule has 5 N–H and O–H groups in total. The number of aromatic hydroxyl groups is 1. The number of hydrogen-bond donors (Lipinski definition) is 4. The van der Waals surface area contributed by atoms with E-state index in [9.17, 15) is 9.90 Å². The van der Waals surface area contributed by atoms with Gasteiger partial charge in [0.25, 0.3) is 0 Å². The molecule has 0 saturated carbocycles. The van der Waals surface area contributed by atoms with Gasteiger partial charge in [-0.15, -0.1) is 0 Å². The largest absolute Gasteiger partial charge is 0.508 e. The zero-order valence-corrected chi connectivity index (χ0v) is 18.5. The molecule has 172 valence electrons. The van der Waals surface area contributed by atoms with Crippen LogP contribution in [0.2, 0.25) is 0 Å². The molecular formula is C24H28N6O3. The average Bonchev–Trinajstić information content (AvgIpc) is 3.30. The molecule has 0 radical (unpaired) electrons. The summed E-state index contributed by atoms with van der Waals surface area (Å²) in [6, 6.07) is 16.0. The van der Waals surface area contributed by atoms with Gasteiger partial charge < -0.3 is 31.1 Å². The number of ether oxygens (including phenoxy) is 1. The molecule has 0 unspecified atom stereocenters. The number of hydrogen-bond acceptors (Lipinski definition) is 8. The lowest BCUT2D eigenvalue weighted by molar-refractivity contribution is -0.122. The lowest BCUT2D eigenvalue weighted by Gasteiger charge is -2.25. The summed E-state index contributed by atoms with van der Waals surface area (Å²) >= 11 is 0. The molecular weight excluding hydrogens is 420 g/mol. The molecule has 1 amide bonds. The summed E-state index contributed by atoms with van der Waals surface area (Å²) < 4.78 is 5.27. The van der Waals surface area contributed by atoms with E-state index >= 15 is 0 Å². The molecule has 0 aliphatic carbocycles. The second-order valence-corrected chi connectivity index (χ2v) is 7.89. The minimum absolute atomic E-state index is 0.0363. The van der Waals surface area contributed by atoms with Crippen molar-refractivity contribution in [3.05, 3.63) is 60.2 Å². The quantitative estimate of drug-likeness (QED) is 0.415. The normalized spacial score (nSPS) is 15.3. The Morgan fingerprint density at radius 1 is 1.21 bits per heavy atom. The van der Waals surface area contributed by atoms with E-state index in [1.807, 2.05) is 41.3 Å². The third kappa shape index (κ3) is 5.62. The van der Waals surface area contributed by atoms with Gasteiger partial charge in [0, 0.05) is 30.9 Å². The summed E-state index contributed by atoms with van der Waals surface area (Å²) in [5.74, 6) is 2.22. The first-order valence-electron chi connectivity index (χ1n) is 10.9. The Hall–Kier alpha value is -4.01. The van der Waals surface area contributed by atoms with Crippen LogP contribution >= 0.6 is 0 Å². The molecule has 33 heavy (non-hydrogen) atoms. The number of nitrogen functional groups attached to an aromatic ring is 1. The van der Waals surface area contributed by atoms with Crippen molar-refractivity contribution in [2.24, 2.45) is 0 Å². The Labute approximate surface area is 192 Å². The number of phenols is 1. The first-order valence-corrected chi connectivity index (χ1v) is 10.9. The lowest BCUT2D eigenvalue weighted by atomic mass is 10.1. The van der Waals surface area contributed by atoms with Crippen LogP contribution in [0.5, 0.6) is 11.5 Å². The molecule has 0 spiro atoms. The number of nitrogens with one attached hydrogen (secondary N) is 2. The third-order valence-electron chi connectivity index (χ3n) is 5.57. The fourth-order valence-corrected chi connectivity index (χ4v) is 3.94. The standard InChI is InChI=1S/C24H28N6O3/c1-33-19-5-2-4-17(14-19)27-21-15-22(29-24(25)28-21)30-13-3-6-20(30)23(32)26-12-11-16-7-9-18(31)10-8-16/h2,4-5,7-10,14-15,20,31H,3,6,11-13H2,1H3,(H,26,32)(H3,25,27,28,29)/t20-/m0/s1. The topological polar surface area (TPSA) is 126 Å². The molecule has 9 nitrogen and oxygen atoms in total. The molecule has 1 atom stereocenters. The van der Waals surface area contributed by atoms with Crippen LogP contribution in [0.1, 0.15) is 18.4 Å². The van der Waals surface area contributed by atoms with Gasteiger partial charge in [-0.05, 0) is 49.1 Å². The number of anilines is 4. The summed E-state index contributed by atoms with van der Waals surface area (Å²) in [4.78, 5) is 23.6. The van der Waals surface area contributed by atoms with E-state index in [2.05, 4.69) is 20.6 Å². The maximum atomic E-state index is 12.9. The zero-order chi connectivity index (χ0) is 23.2. The average molecular weight is 449 g/mol. The van der Waals surface area contributed by atoms with E-state index in [0.29, 0.717) is 31.1 Å². The number of nitrogens with two attached hydrogens (primary N) is 1. The van der Waals surface area contributed by atoms with Gasteiger partial charge >= 0.3 is 0 Å². The zero-order valence-electron chi connectivity index (χ0n) is 18.5. The molecule has 2 heterocycles. The fourth-order valence-electron chi connectivity index (χ4n) is 3.94. The van der Waals surface area contributed by atoms with Crippen LogP contribution in [0, 0.1) is 0 Å². The smallest absolute Gasteiger partial charge is 0.242 e. The predicted octanol–water partition coefficient (Wildman–Crippen LogP) is 2.84. The predicted molar refractivity (Wildman–Crippen MR) is 128 cm³/mol. The molecule has 1 aromatic heterocycles. The number of phenolic OH excluding ortho intramolecular Hbond substituents is 1. The molecule has 0 bridgehead atoms. The van der Waals surface area contributed by atoms with Gasteiger partial charge in [-0.25, -0.2) is 0 Å². The summed E-state index contributed by atoms with van der Waals surface area (Å²) in [5, 5.41) is 15.6. The first-order chi connectivity index (χ1) is 16.0. The van der Waals surface area contributed by atoms with Crippen molar-refractivity contribution in [3.63, 3.8) is 0 Å². The Kier molecular flexibility index (Phi) is 6.77. The first kappa shape index (κ1) is 22.2. The van der Waals surface area contributed by atoms with E-state index in [0.717, 1.165) is 29.8 Å². The van der Waals surface area contributed by atoms with Crippen LogP contribution in [0.4, 0.5) is 23.3 Å². The molecule has 1 saturated heterocycles. The van der Waals surface area contributed by atoms with E-state index in [1.54, 1.807) is 25.3 Å². The molecule has 1 aliphatic heterocycles. The van der Waals surface area contributed by atoms with E-state index in [4.69, 9.17) is 10.5 Å². The summed E-state index contributed by atoms with van der Waals surface area (Å²) in [6.45, 7) is 1.23. The lowest BCUT2D eigenvalue weighted by Crippen LogP contribution is -2.44. The Bertz CT molecular complexity index is 1110. The maximum absolute atomic E-state index is 12.9. The molecule has 1 aliphatic rings. The summed E-state index contributed by atoms with van der Waals surface area (Å²) in [6.07, 6.45) is 2.32. The second-order valence-electron chi connectivity index (χ2n) is 7.89. The fraction of sp³-hybridized carbons (Fsp3) is 0.292. The second kappa shape index (κ2) is 10.1. The van der Waals surface area contributed by atoms with Gasteiger partial charge in [-0.1, -0.05) is 18.2 Å². The Balaban J connectivity index is 1.42. The number of carbonyl (C=O) groups is 1. The minimum Gasteiger partial charge on any atom is -0.508 e. The van der Waals surface area contributed by atoms with Crippen LogP contribution in [0.15, 0.2) is 54.6 Å². The van der Waals surface area contributed by atoms with Crippen molar-refractivity contribution in [1.29, 1.82) is 0 Å². The van der Waals surface area contributed by atoms with Gasteiger partial charge in [0.15, 0.2) is 0 Å². The number of amides is 1. The van der Waals surface area contributed by atoms with Crippen LogP contribution in [0.25, 0.3) is 0 Å². The van der Waals surface area contributed by atoms with E-state index in [-0.39, 0.29) is 23.6 Å². The van der Waals surface area contributed by atoms with Crippen LogP contribution in [-0.2, 0) is 11.2 Å². The highest BCUT2D eigenvalue weighted by Crippen LogP contribution is 2.28.